The van der Waals surface area contributed by atoms with Crippen LogP contribution >= 0.6 is 0 Å². The molecule has 2 aliphatic heterocycles. The average molecular weight is 345 g/mol. The van der Waals surface area contributed by atoms with Crippen LogP contribution in [0.1, 0.15) is 51.9 Å². The van der Waals surface area contributed by atoms with Crippen LogP contribution in [0.5, 0.6) is 0 Å². The Morgan fingerprint density at radius 3 is 1.96 bits per heavy atom. The van der Waals surface area contributed by atoms with Crippen molar-refractivity contribution in [2.75, 3.05) is 49.1 Å². The molecule has 0 saturated carbocycles. The van der Waals surface area contributed by atoms with Gasteiger partial charge in [0.2, 0.25) is 5.91 Å². The van der Waals surface area contributed by atoms with Gasteiger partial charge in [-0.25, -0.2) is 0 Å². The smallest absolute Gasteiger partial charge is 0.222 e. The Hall–Kier alpha value is -1.85. The third-order valence-electron chi connectivity index (χ3n) is 5.27. The molecule has 0 spiro atoms. The summed E-state index contributed by atoms with van der Waals surface area (Å²) in [5.74, 6) is 2.22. The molecule has 3 heterocycles. The van der Waals surface area contributed by atoms with Gasteiger partial charge in [0.1, 0.15) is 0 Å². The molecule has 6 heteroatoms. The number of hydrogen-bond acceptors (Lipinski definition) is 5. The van der Waals surface area contributed by atoms with E-state index in [9.17, 15) is 4.79 Å². The van der Waals surface area contributed by atoms with Crippen LogP contribution in [0, 0.1) is 0 Å². The number of unbranched alkanes of at least 4 members (excludes halogenated alkanes) is 1. The van der Waals surface area contributed by atoms with E-state index in [4.69, 9.17) is 0 Å². The van der Waals surface area contributed by atoms with Crippen LogP contribution in [0.3, 0.4) is 0 Å². The van der Waals surface area contributed by atoms with E-state index >= 15 is 0 Å². The zero-order valence-electron chi connectivity index (χ0n) is 15.5. The number of rotatable bonds is 5. The molecule has 0 radical (unpaired) electrons. The summed E-state index contributed by atoms with van der Waals surface area (Å²) in [5, 5.41) is 8.93. The van der Waals surface area contributed by atoms with Crippen molar-refractivity contribution in [2.24, 2.45) is 0 Å². The van der Waals surface area contributed by atoms with Crippen molar-refractivity contribution < 1.29 is 4.79 Å². The Balaban J connectivity index is 1.52. The zero-order valence-corrected chi connectivity index (χ0v) is 15.5. The molecule has 6 nitrogen and oxygen atoms in total. The molecule has 1 amide bonds. The van der Waals surface area contributed by atoms with E-state index in [1.807, 2.05) is 4.90 Å². The molecule has 0 atom stereocenters. The van der Waals surface area contributed by atoms with Crippen LogP contribution in [0.25, 0.3) is 0 Å². The van der Waals surface area contributed by atoms with Crippen molar-refractivity contribution in [1.82, 2.24) is 15.1 Å². The first-order valence-electron chi connectivity index (χ1n) is 9.89. The van der Waals surface area contributed by atoms with E-state index in [-0.39, 0.29) is 0 Å². The molecule has 2 saturated heterocycles. The number of carbonyl (C=O) groups excluding carboxylic acids is 1. The van der Waals surface area contributed by atoms with E-state index in [0.29, 0.717) is 12.3 Å². The van der Waals surface area contributed by atoms with E-state index < -0.39 is 0 Å². The second-order valence-electron chi connectivity index (χ2n) is 7.12. The lowest BCUT2D eigenvalue weighted by Gasteiger charge is -2.35. The minimum absolute atomic E-state index is 0.295. The standard InChI is InChI=1S/C19H31N5O/c1-2-3-8-19(25)24-15-13-23(14-16-24)18-10-9-17(20-21-18)22-11-6-4-5-7-12-22/h9-10H,2-8,11-16H2,1H3. The zero-order chi connectivity index (χ0) is 17.5. The molecule has 0 aromatic carbocycles. The van der Waals surface area contributed by atoms with Gasteiger partial charge in [-0.15, -0.1) is 10.2 Å². The Bertz CT molecular complexity index is 531. The van der Waals surface area contributed by atoms with Gasteiger partial charge in [0.25, 0.3) is 0 Å². The van der Waals surface area contributed by atoms with Gasteiger partial charge in [-0.05, 0) is 31.4 Å². The maximum atomic E-state index is 12.1. The molecule has 2 aliphatic rings. The van der Waals surface area contributed by atoms with Crippen LogP contribution < -0.4 is 9.80 Å². The number of anilines is 2. The average Bonchev–Trinajstić information content (AvgIpc) is 2.96. The van der Waals surface area contributed by atoms with Crippen molar-refractivity contribution >= 4 is 17.5 Å². The first-order chi connectivity index (χ1) is 12.3. The fourth-order valence-corrected chi connectivity index (χ4v) is 3.63. The molecule has 1 aromatic rings. The highest BCUT2D eigenvalue weighted by atomic mass is 16.2. The van der Waals surface area contributed by atoms with Gasteiger partial charge in [-0.3, -0.25) is 4.79 Å². The molecule has 1 aromatic heterocycles. The Morgan fingerprint density at radius 1 is 0.880 bits per heavy atom. The maximum absolute atomic E-state index is 12.1. The second kappa shape index (κ2) is 9.02. The predicted octanol–water partition coefficient (Wildman–Crippen LogP) is 2.70. The molecular weight excluding hydrogens is 314 g/mol. The van der Waals surface area contributed by atoms with Gasteiger partial charge in [0.05, 0.1) is 0 Å². The van der Waals surface area contributed by atoms with Gasteiger partial charge < -0.3 is 14.7 Å². The minimum atomic E-state index is 0.295. The lowest BCUT2D eigenvalue weighted by molar-refractivity contribution is -0.131. The normalized spacial score (nSPS) is 19.0. The van der Waals surface area contributed by atoms with Crippen molar-refractivity contribution in [3.63, 3.8) is 0 Å². The van der Waals surface area contributed by atoms with Gasteiger partial charge in [-0.1, -0.05) is 26.2 Å². The second-order valence-corrected chi connectivity index (χ2v) is 7.12. The van der Waals surface area contributed by atoms with Crippen LogP contribution in [0.15, 0.2) is 12.1 Å². The van der Waals surface area contributed by atoms with E-state index in [0.717, 1.165) is 63.7 Å². The van der Waals surface area contributed by atoms with E-state index in [1.54, 1.807) is 0 Å². The molecule has 0 bridgehead atoms. The molecule has 0 unspecified atom stereocenters. The summed E-state index contributed by atoms with van der Waals surface area (Å²) in [6.45, 7) is 7.57. The fourth-order valence-electron chi connectivity index (χ4n) is 3.63. The van der Waals surface area contributed by atoms with Crippen molar-refractivity contribution in [3.05, 3.63) is 12.1 Å². The number of aromatic nitrogens is 2. The van der Waals surface area contributed by atoms with E-state index in [2.05, 4.69) is 39.1 Å². The van der Waals surface area contributed by atoms with Gasteiger partial charge in [0.15, 0.2) is 11.6 Å². The summed E-state index contributed by atoms with van der Waals surface area (Å²) in [6, 6.07) is 4.19. The summed E-state index contributed by atoms with van der Waals surface area (Å²) in [7, 11) is 0. The van der Waals surface area contributed by atoms with Crippen LogP contribution in [-0.4, -0.2) is 60.3 Å². The topological polar surface area (TPSA) is 52.6 Å². The Kier molecular flexibility index (Phi) is 6.48. The maximum Gasteiger partial charge on any atom is 0.222 e. The molecule has 138 valence electrons. The van der Waals surface area contributed by atoms with Gasteiger partial charge in [-0.2, -0.15) is 0 Å². The third kappa shape index (κ3) is 4.83. The summed E-state index contributed by atoms with van der Waals surface area (Å²) in [5.41, 5.74) is 0. The number of piperazine rings is 1. The summed E-state index contributed by atoms with van der Waals surface area (Å²) in [6.07, 6.45) is 7.88. The van der Waals surface area contributed by atoms with E-state index in [1.165, 1.54) is 25.7 Å². The first kappa shape index (κ1) is 18.0. The molecule has 0 aliphatic carbocycles. The summed E-state index contributed by atoms with van der Waals surface area (Å²) < 4.78 is 0. The Labute approximate surface area is 151 Å². The number of amides is 1. The lowest BCUT2D eigenvalue weighted by Crippen LogP contribution is -2.49. The van der Waals surface area contributed by atoms with Gasteiger partial charge >= 0.3 is 0 Å². The third-order valence-corrected chi connectivity index (χ3v) is 5.27. The largest absolute Gasteiger partial charge is 0.355 e. The molecular formula is C19H31N5O. The molecule has 3 rings (SSSR count). The molecule has 2 fully saturated rings. The highest BCUT2D eigenvalue weighted by molar-refractivity contribution is 5.76. The minimum Gasteiger partial charge on any atom is -0.355 e. The van der Waals surface area contributed by atoms with Crippen LogP contribution in [0.4, 0.5) is 11.6 Å². The lowest BCUT2D eigenvalue weighted by atomic mass is 10.2. The van der Waals surface area contributed by atoms with Crippen LogP contribution in [-0.2, 0) is 4.79 Å². The predicted molar refractivity (Wildman–Crippen MR) is 101 cm³/mol. The number of hydrogen-bond donors (Lipinski definition) is 0. The number of carbonyl (C=O) groups is 1. The SMILES string of the molecule is CCCCC(=O)N1CCN(c2ccc(N3CCCCCC3)nn2)CC1. The summed E-state index contributed by atoms with van der Waals surface area (Å²) in [4.78, 5) is 18.7. The number of nitrogens with zero attached hydrogens (tertiary/aromatic N) is 5. The highest BCUT2D eigenvalue weighted by Crippen LogP contribution is 2.20. The highest BCUT2D eigenvalue weighted by Gasteiger charge is 2.22. The Morgan fingerprint density at radius 2 is 1.44 bits per heavy atom. The van der Waals surface area contributed by atoms with Gasteiger partial charge in [0, 0.05) is 45.7 Å². The summed E-state index contributed by atoms with van der Waals surface area (Å²) >= 11 is 0. The van der Waals surface area contributed by atoms with Crippen molar-refractivity contribution in [2.45, 2.75) is 51.9 Å². The van der Waals surface area contributed by atoms with Crippen LogP contribution in [0.2, 0.25) is 0 Å². The van der Waals surface area contributed by atoms with Crippen molar-refractivity contribution in [3.8, 4) is 0 Å². The fraction of sp³-hybridized carbons (Fsp3) is 0.737. The molecule has 25 heavy (non-hydrogen) atoms. The first-order valence-corrected chi connectivity index (χ1v) is 9.89. The quantitative estimate of drug-likeness (QED) is 0.821. The van der Waals surface area contributed by atoms with Crippen molar-refractivity contribution in [1.29, 1.82) is 0 Å². The molecule has 0 N–H and O–H groups in total. The monoisotopic (exact) mass is 345 g/mol.